The summed E-state index contributed by atoms with van der Waals surface area (Å²) in [6, 6.07) is 17.3. The largest absolute Gasteiger partial charge is 0.435 e. The molecule has 0 bridgehead atoms. The average molecular weight is 539 g/mol. The van der Waals surface area contributed by atoms with Crippen LogP contribution < -0.4 is 5.32 Å². The number of halogens is 4. The van der Waals surface area contributed by atoms with Gasteiger partial charge in [0, 0.05) is 23.0 Å². The fourth-order valence-corrected chi connectivity index (χ4v) is 5.43. The molecule has 2 aromatic heterocycles. The lowest BCUT2D eigenvalue weighted by Crippen LogP contribution is -2.38. The molecule has 39 heavy (non-hydrogen) atoms. The van der Waals surface area contributed by atoms with Gasteiger partial charge in [-0.25, -0.2) is 4.39 Å². The molecule has 2 unspecified atom stereocenters. The summed E-state index contributed by atoms with van der Waals surface area (Å²) < 4.78 is 56.4. The summed E-state index contributed by atoms with van der Waals surface area (Å²) in [4.78, 5) is 4.64. The molecule has 2 heterocycles. The molecule has 5 nitrogen and oxygen atoms in total. The molecule has 4 aromatic rings. The predicted molar refractivity (Wildman–Crippen MR) is 140 cm³/mol. The molecule has 2 aromatic carbocycles. The Kier molecular flexibility index (Phi) is 7.81. The van der Waals surface area contributed by atoms with Crippen molar-refractivity contribution in [3.63, 3.8) is 0 Å². The minimum absolute atomic E-state index is 0.162. The Morgan fingerprint density at radius 3 is 2.54 bits per heavy atom. The fourth-order valence-electron chi connectivity index (χ4n) is 5.43. The summed E-state index contributed by atoms with van der Waals surface area (Å²) >= 11 is 0. The summed E-state index contributed by atoms with van der Waals surface area (Å²) in [6.45, 7) is 1.83. The molecule has 0 saturated heterocycles. The molecule has 0 spiro atoms. The highest BCUT2D eigenvalue weighted by molar-refractivity contribution is 5.69. The molecule has 2 N–H and O–H groups in total. The number of nitrogens with one attached hydrogen (secondary N) is 1. The van der Waals surface area contributed by atoms with Crippen LogP contribution in [0.5, 0.6) is 0 Å². The van der Waals surface area contributed by atoms with Crippen molar-refractivity contribution in [1.29, 1.82) is 0 Å². The van der Waals surface area contributed by atoms with Crippen LogP contribution in [0, 0.1) is 12.7 Å². The van der Waals surface area contributed by atoms with Gasteiger partial charge in [0.2, 0.25) is 0 Å². The third kappa shape index (κ3) is 6.04. The Hall–Kier alpha value is -3.56. The van der Waals surface area contributed by atoms with Gasteiger partial charge >= 0.3 is 6.18 Å². The predicted octanol–water partition coefficient (Wildman–Crippen LogP) is 6.18. The highest BCUT2D eigenvalue weighted by atomic mass is 19.4. The molecule has 1 aliphatic rings. The number of hydrogen-bond acceptors (Lipinski definition) is 4. The second-order valence-corrected chi connectivity index (χ2v) is 9.98. The maximum Gasteiger partial charge on any atom is 0.435 e. The van der Waals surface area contributed by atoms with E-state index in [1.807, 2.05) is 43.3 Å². The monoisotopic (exact) mass is 538 g/mol. The maximum atomic E-state index is 14.0. The van der Waals surface area contributed by atoms with Gasteiger partial charge in [-0.15, -0.1) is 0 Å². The fraction of sp³-hybridized carbons (Fsp3) is 0.333. The number of aryl methyl sites for hydroxylation is 1. The van der Waals surface area contributed by atoms with Crippen LogP contribution in [0.3, 0.4) is 0 Å². The lowest BCUT2D eigenvalue weighted by molar-refractivity contribution is -0.142. The van der Waals surface area contributed by atoms with Crippen LogP contribution in [0.1, 0.15) is 52.7 Å². The number of aromatic nitrogens is 3. The first-order valence-corrected chi connectivity index (χ1v) is 13.1. The number of aliphatic hydroxyl groups is 1. The zero-order chi connectivity index (χ0) is 27.6. The minimum Gasteiger partial charge on any atom is -0.377 e. The first-order chi connectivity index (χ1) is 18.7. The molecular formula is C30H30F4N4O. The summed E-state index contributed by atoms with van der Waals surface area (Å²) in [5.41, 5.74) is 4.08. The van der Waals surface area contributed by atoms with Crippen molar-refractivity contribution in [2.24, 2.45) is 0 Å². The number of aliphatic hydroxyl groups excluding tert-OH is 1. The Bertz CT molecular complexity index is 1450. The topological polar surface area (TPSA) is 63.0 Å². The zero-order valence-corrected chi connectivity index (χ0v) is 21.5. The van der Waals surface area contributed by atoms with Crippen LogP contribution in [-0.2, 0) is 32.0 Å². The minimum atomic E-state index is -4.55. The van der Waals surface area contributed by atoms with Gasteiger partial charge in [0.1, 0.15) is 12.0 Å². The highest BCUT2D eigenvalue weighted by Crippen LogP contribution is 2.36. The van der Waals surface area contributed by atoms with Crippen molar-refractivity contribution in [2.75, 3.05) is 0 Å². The van der Waals surface area contributed by atoms with Crippen molar-refractivity contribution in [1.82, 2.24) is 20.1 Å². The van der Waals surface area contributed by atoms with Crippen LogP contribution in [0.2, 0.25) is 0 Å². The molecular weight excluding hydrogens is 508 g/mol. The molecule has 5 rings (SSSR count). The third-order valence-electron chi connectivity index (χ3n) is 7.20. The first-order valence-electron chi connectivity index (χ1n) is 13.1. The second-order valence-electron chi connectivity index (χ2n) is 9.98. The van der Waals surface area contributed by atoms with Crippen LogP contribution in [0.15, 0.2) is 66.9 Å². The van der Waals surface area contributed by atoms with E-state index in [1.54, 1.807) is 18.3 Å². The molecule has 2 atom stereocenters. The van der Waals surface area contributed by atoms with Gasteiger partial charge in [-0.2, -0.15) is 18.3 Å². The SMILES string of the molecule is Cc1ccccc1-c1cccnc1C(Cc1cccc(F)c1)NC(O)Cn1nc(C(F)(F)F)c2c1CCCC2. The van der Waals surface area contributed by atoms with Gasteiger partial charge < -0.3 is 5.11 Å². The van der Waals surface area contributed by atoms with E-state index in [1.165, 1.54) is 16.8 Å². The summed E-state index contributed by atoms with van der Waals surface area (Å²) in [5.74, 6) is -0.380. The van der Waals surface area contributed by atoms with E-state index in [9.17, 15) is 22.7 Å². The van der Waals surface area contributed by atoms with Crippen molar-refractivity contribution in [3.8, 4) is 11.1 Å². The molecule has 0 amide bonds. The molecule has 9 heteroatoms. The van der Waals surface area contributed by atoms with Gasteiger partial charge in [0.15, 0.2) is 5.69 Å². The van der Waals surface area contributed by atoms with Crippen LogP contribution in [0.4, 0.5) is 17.6 Å². The van der Waals surface area contributed by atoms with Crippen molar-refractivity contribution < 1.29 is 22.7 Å². The number of alkyl halides is 3. The smallest absolute Gasteiger partial charge is 0.377 e. The normalized spacial score (nSPS) is 15.1. The van der Waals surface area contributed by atoms with E-state index in [0.717, 1.165) is 23.1 Å². The van der Waals surface area contributed by atoms with E-state index < -0.39 is 24.1 Å². The standard InChI is InChI=1S/C30H30F4N4O/c1-19-8-2-3-11-22(19)23-13-7-15-35-28(23)25(17-20-9-6-10-21(31)16-20)36-27(39)18-38-26-14-5-4-12-24(26)29(37-38)30(32,33)34/h2-3,6-11,13,15-16,25,27,36,39H,4-5,12,14,17-18H2,1H3. The lowest BCUT2D eigenvalue weighted by atomic mass is 9.93. The quantitative estimate of drug-likeness (QED) is 0.208. The molecule has 204 valence electrons. The molecule has 0 aliphatic heterocycles. The number of fused-ring (bicyclic) bond motifs is 1. The number of hydrogen-bond donors (Lipinski definition) is 2. The first kappa shape index (κ1) is 27.0. The zero-order valence-electron chi connectivity index (χ0n) is 21.5. The van der Waals surface area contributed by atoms with Crippen molar-refractivity contribution >= 4 is 0 Å². The Morgan fingerprint density at radius 1 is 1.00 bits per heavy atom. The number of pyridine rings is 1. The Morgan fingerprint density at radius 2 is 1.77 bits per heavy atom. The van der Waals surface area contributed by atoms with E-state index in [4.69, 9.17) is 0 Å². The Balaban J connectivity index is 1.48. The average Bonchev–Trinajstić information content (AvgIpc) is 3.28. The van der Waals surface area contributed by atoms with Crippen molar-refractivity contribution in [2.45, 2.75) is 64.0 Å². The third-order valence-corrected chi connectivity index (χ3v) is 7.20. The summed E-state index contributed by atoms with van der Waals surface area (Å²) in [5, 5.41) is 18.2. The van der Waals surface area contributed by atoms with Crippen LogP contribution >= 0.6 is 0 Å². The van der Waals surface area contributed by atoms with Crippen LogP contribution in [0.25, 0.3) is 11.1 Å². The molecule has 0 saturated carbocycles. The van der Waals surface area contributed by atoms with Crippen LogP contribution in [-0.4, -0.2) is 26.1 Å². The van der Waals surface area contributed by atoms with Gasteiger partial charge in [-0.05, 0) is 73.9 Å². The maximum absolute atomic E-state index is 14.0. The van der Waals surface area contributed by atoms with Gasteiger partial charge in [0.05, 0.1) is 18.3 Å². The summed E-state index contributed by atoms with van der Waals surface area (Å²) in [6.07, 6.45) is -1.57. The van der Waals surface area contributed by atoms with E-state index in [2.05, 4.69) is 15.4 Å². The Labute approximate surface area is 224 Å². The molecule has 0 fully saturated rings. The summed E-state index contributed by atoms with van der Waals surface area (Å²) in [7, 11) is 0. The number of benzene rings is 2. The lowest BCUT2D eigenvalue weighted by Gasteiger charge is -2.25. The van der Waals surface area contributed by atoms with Crippen molar-refractivity contribution in [3.05, 3.63) is 106 Å². The highest BCUT2D eigenvalue weighted by Gasteiger charge is 2.39. The molecule has 0 radical (unpaired) electrons. The van der Waals surface area contributed by atoms with E-state index in [0.29, 0.717) is 42.6 Å². The van der Waals surface area contributed by atoms with E-state index in [-0.39, 0.29) is 17.9 Å². The number of rotatable bonds is 8. The van der Waals surface area contributed by atoms with Gasteiger partial charge in [-0.3, -0.25) is 15.0 Å². The molecule has 1 aliphatic carbocycles. The van der Waals surface area contributed by atoms with Gasteiger partial charge in [-0.1, -0.05) is 42.5 Å². The number of nitrogens with zero attached hydrogens (tertiary/aromatic N) is 3. The van der Waals surface area contributed by atoms with Gasteiger partial charge in [0.25, 0.3) is 0 Å². The second kappa shape index (κ2) is 11.3. The van der Waals surface area contributed by atoms with E-state index >= 15 is 0 Å².